The molecule has 0 spiro atoms. The van der Waals surface area contributed by atoms with Crippen molar-refractivity contribution >= 4 is 32.2 Å². The quantitative estimate of drug-likeness (QED) is 0.561. The van der Waals surface area contributed by atoms with Gasteiger partial charge in [0.25, 0.3) is 5.69 Å². The summed E-state index contributed by atoms with van der Waals surface area (Å²) >= 11 is 1.52. The van der Waals surface area contributed by atoms with Gasteiger partial charge in [-0.1, -0.05) is 31.3 Å². The summed E-state index contributed by atoms with van der Waals surface area (Å²) in [6.45, 7) is 5.69. The number of benzene rings is 1. The smallest absolute Gasteiger partial charge is 0.270 e. The molecule has 0 unspecified atom stereocenters. The van der Waals surface area contributed by atoms with Gasteiger partial charge in [-0.15, -0.1) is 10.2 Å². The Morgan fingerprint density at radius 2 is 1.88 bits per heavy atom. The van der Waals surface area contributed by atoms with Crippen LogP contribution in [0, 0.1) is 10.1 Å². The van der Waals surface area contributed by atoms with Gasteiger partial charge in [0.05, 0.1) is 9.82 Å². The summed E-state index contributed by atoms with van der Waals surface area (Å²) in [5, 5.41) is 21.0. The fourth-order valence-electron chi connectivity index (χ4n) is 2.61. The molecule has 1 aromatic heterocycles. The molecular formula is C15H19N5O4S2. The van der Waals surface area contributed by atoms with Crippen LogP contribution in [0.25, 0.3) is 0 Å². The van der Waals surface area contributed by atoms with E-state index in [0.29, 0.717) is 32.1 Å². The summed E-state index contributed by atoms with van der Waals surface area (Å²) < 4.78 is 26.9. The maximum Gasteiger partial charge on any atom is 0.270 e. The first-order valence-electron chi connectivity index (χ1n) is 8.12. The van der Waals surface area contributed by atoms with Gasteiger partial charge in [-0.05, 0) is 6.07 Å². The second-order valence-corrected chi connectivity index (χ2v) is 9.15. The number of aromatic nitrogens is 2. The van der Waals surface area contributed by atoms with Crippen molar-refractivity contribution in [3.63, 3.8) is 0 Å². The third-order valence-corrected chi connectivity index (χ3v) is 7.28. The summed E-state index contributed by atoms with van der Waals surface area (Å²) in [6.07, 6.45) is 0. The van der Waals surface area contributed by atoms with Crippen molar-refractivity contribution in [1.82, 2.24) is 14.5 Å². The van der Waals surface area contributed by atoms with Crippen LogP contribution in [-0.4, -0.2) is 54.0 Å². The van der Waals surface area contributed by atoms with E-state index in [1.54, 1.807) is 0 Å². The lowest BCUT2D eigenvalue weighted by molar-refractivity contribution is -0.385. The molecule has 11 heteroatoms. The van der Waals surface area contributed by atoms with Gasteiger partial charge in [0.15, 0.2) is 0 Å². The fraction of sp³-hybridized carbons (Fsp3) is 0.467. The van der Waals surface area contributed by atoms with Crippen LogP contribution in [0.2, 0.25) is 0 Å². The van der Waals surface area contributed by atoms with E-state index in [9.17, 15) is 18.5 Å². The van der Waals surface area contributed by atoms with Crippen molar-refractivity contribution in [1.29, 1.82) is 0 Å². The van der Waals surface area contributed by atoms with E-state index in [2.05, 4.69) is 10.2 Å². The van der Waals surface area contributed by atoms with Gasteiger partial charge in [0, 0.05) is 44.2 Å². The Bertz CT molecular complexity index is 904. The molecule has 2 heterocycles. The summed E-state index contributed by atoms with van der Waals surface area (Å²) in [6, 6.07) is 5.14. The zero-order valence-electron chi connectivity index (χ0n) is 14.4. The SMILES string of the molecule is CC(C)c1nnc(N2CCN(S(=O)(=O)c3cccc([N+](=O)[O-])c3)CC2)s1. The fourth-order valence-corrected chi connectivity index (χ4v) is 4.97. The second-order valence-electron chi connectivity index (χ2n) is 6.22. The molecule has 3 rings (SSSR count). The van der Waals surface area contributed by atoms with Crippen molar-refractivity contribution in [2.75, 3.05) is 31.1 Å². The molecule has 1 aromatic carbocycles. The number of rotatable bonds is 5. The molecule has 0 amide bonds. The van der Waals surface area contributed by atoms with Crippen LogP contribution in [0.3, 0.4) is 0 Å². The summed E-state index contributed by atoms with van der Waals surface area (Å²) in [5.41, 5.74) is -0.236. The highest BCUT2D eigenvalue weighted by molar-refractivity contribution is 7.89. The zero-order chi connectivity index (χ0) is 18.9. The molecule has 0 N–H and O–H groups in total. The largest absolute Gasteiger partial charge is 0.344 e. The van der Waals surface area contributed by atoms with Gasteiger partial charge >= 0.3 is 0 Å². The average Bonchev–Trinajstić information content (AvgIpc) is 3.12. The molecule has 140 valence electrons. The standard InChI is InChI=1S/C15H19N5O4S2/c1-11(2)14-16-17-15(25-14)18-6-8-19(9-7-18)26(23,24)13-5-3-4-12(10-13)20(21)22/h3-5,10-11H,6-9H2,1-2H3. The number of hydrogen-bond acceptors (Lipinski definition) is 8. The molecule has 1 aliphatic heterocycles. The highest BCUT2D eigenvalue weighted by Crippen LogP contribution is 2.28. The molecule has 0 atom stereocenters. The summed E-state index contributed by atoms with van der Waals surface area (Å²) in [4.78, 5) is 12.2. The van der Waals surface area contributed by atoms with E-state index >= 15 is 0 Å². The number of anilines is 1. The van der Waals surface area contributed by atoms with E-state index in [1.165, 1.54) is 33.8 Å². The highest BCUT2D eigenvalue weighted by Gasteiger charge is 2.30. The molecule has 1 aliphatic rings. The lowest BCUT2D eigenvalue weighted by Crippen LogP contribution is -2.48. The first-order valence-corrected chi connectivity index (χ1v) is 10.4. The first kappa shape index (κ1) is 18.7. The van der Waals surface area contributed by atoms with Crippen LogP contribution in [0.15, 0.2) is 29.2 Å². The predicted octanol–water partition coefficient (Wildman–Crippen LogP) is 2.08. The number of nitro benzene ring substituents is 1. The van der Waals surface area contributed by atoms with Gasteiger partial charge in [0.1, 0.15) is 5.01 Å². The summed E-state index contributed by atoms with van der Waals surface area (Å²) in [7, 11) is -3.76. The monoisotopic (exact) mass is 397 g/mol. The Kier molecular flexibility index (Phi) is 5.21. The van der Waals surface area contributed by atoms with Gasteiger partial charge in [-0.25, -0.2) is 8.42 Å². The lowest BCUT2D eigenvalue weighted by Gasteiger charge is -2.33. The van der Waals surface area contributed by atoms with Crippen LogP contribution in [0.4, 0.5) is 10.8 Å². The molecule has 1 saturated heterocycles. The molecule has 0 radical (unpaired) electrons. The van der Waals surface area contributed by atoms with E-state index in [0.717, 1.165) is 16.2 Å². The minimum Gasteiger partial charge on any atom is -0.344 e. The van der Waals surface area contributed by atoms with Crippen molar-refractivity contribution in [2.24, 2.45) is 0 Å². The maximum absolute atomic E-state index is 12.8. The number of sulfonamides is 1. The minimum atomic E-state index is -3.76. The number of hydrogen-bond donors (Lipinski definition) is 0. The third-order valence-electron chi connectivity index (χ3n) is 4.10. The molecule has 26 heavy (non-hydrogen) atoms. The Morgan fingerprint density at radius 3 is 2.46 bits per heavy atom. The van der Waals surface area contributed by atoms with Crippen LogP contribution in [0.1, 0.15) is 24.8 Å². The minimum absolute atomic E-state index is 0.0573. The molecular weight excluding hydrogens is 378 g/mol. The first-order chi connectivity index (χ1) is 12.3. The number of piperazine rings is 1. The number of nitro groups is 1. The van der Waals surface area contributed by atoms with Crippen molar-refractivity contribution in [2.45, 2.75) is 24.7 Å². The van der Waals surface area contributed by atoms with Crippen LogP contribution in [0.5, 0.6) is 0 Å². The van der Waals surface area contributed by atoms with Gasteiger partial charge < -0.3 is 4.90 Å². The van der Waals surface area contributed by atoms with Crippen LogP contribution >= 0.6 is 11.3 Å². The Labute approximate surface area is 155 Å². The topological polar surface area (TPSA) is 110 Å². The van der Waals surface area contributed by atoms with Gasteiger partial charge in [0.2, 0.25) is 15.2 Å². The van der Waals surface area contributed by atoms with Crippen LogP contribution < -0.4 is 4.90 Å². The zero-order valence-corrected chi connectivity index (χ0v) is 16.0. The average molecular weight is 397 g/mol. The normalized spacial score (nSPS) is 16.2. The Morgan fingerprint density at radius 1 is 1.19 bits per heavy atom. The molecule has 0 bridgehead atoms. The Balaban J connectivity index is 1.72. The highest BCUT2D eigenvalue weighted by atomic mass is 32.2. The van der Waals surface area contributed by atoms with E-state index in [-0.39, 0.29) is 10.6 Å². The van der Waals surface area contributed by atoms with E-state index in [1.807, 2.05) is 18.7 Å². The third kappa shape index (κ3) is 3.69. The molecule has 0 saturated carbocycles. The maximum atomic E-state index is 12.8. The van der Waals surface area contributed by atoms with Crippen LogP contribution in [-0.2, 0) is 10.0 Å². The molecule has 1 fully saturated rings. The number of non-ortho nitro benzene ring substituents is 1. The van der Waals surface area contributed by atoms with Crippen molar-refractivity contribution < 1.29 is 13.3 Å². The van der Waals surface area contributed by atoms with Gasteiger partial charge in [-0.3, -0.25) is 10.1 Å². The number of nitrogens with zero attached hydrogens (tertiary/aromatic N) is 5. The van der Waals surface area contributed by atoms with Gasteiger partial charge in [-0.2, -0.15) is 4.31 Å². The molecule has 9 nitrogen and oxygen atoms in total. The second kappa shape index (κ2) is 7.25. The van der Waals surface area contributed by atoms with Crippen molar-refractivity contribution in [3.8, 4) is 0 Å². The molecule has 2 aromatic rings. The lowest BCUT2D eigenvalue weighted by atomic mass is 10.2. The Hall–Kier alpha value is -2.11. The molecule has 0 aliphatic carbocycles. The van der Waals surface area contributed by atoms with E-state index < -0.39 is 14.9 Å². The summed E-state index contributed by atoms with van der Waals surface area (Å²) in [5.74, 6) is 0.303. The predicted molar refractivity (Wildman–Crippen MR) is 98.1 cm³/mol. The van der Waals surface area contributed by atoms with Crippen molar-refractivity contribution in [3.05, 3.63) is 39.4 Å². The van der Waals surface area contributed by atoms with E-state index in [4.69, 9.17) is 0 Å².